The summed E-state index contributed by atoms with van der Waals surface area (Å²) >= 11 is 3.40. The lowest BCUT2D eigenvalue weighted by molar-refractivity contribution is 0.0951. The Labute approximate surface area is 146 Å². The molecule has 0 aromatic heterocycles. The van der Waals surface area contributed by atoms with Crippen molar-refractivity contribution in [3.05, 3.63) is 28.2 Å². The summed E-state index contributed by atoms with van der Waals surface area (Å²) in [7, 11) is 0. The molecule has 0 spiro atoms. The van der Waals surface area contributed by atoms with Crippen LogP contribution in [0.4, 0.5) is 0 Å². The first-order chi connectivity index (χ1) is 10.7. The third kappa shape index (κ3) is 7.81. The largest absolute Gasteiger partial charge is 0.490 e. The average Bonchev–Trinajstić information content (AvgIpc) is 2.48. The molecule has 0 aliphatic carbocycles. The molecule has 0 heterocycles. The molecule has 1 rings (SSSR count). The van der Waals surface area contributed by atoms with Crippen molar-refractivity contribution < 1.29 is 14.6 Å². The Morgan fingerprint density at radius 3 is 2.65 bits per heavy atom. The third-order valence-corrected chi connectivity index (χ3v) is 3.65. The van der Waals surface area contributed by atoms with E-state index in [1.807, 2.05) is 27.7 Å². The highest BCUT2D eigenvalue weighted by Crippen LogP contribution is 2.26. The molecular weight excluding hydrogens is 360 g/mol. The Morgan fingerprint density at radius 1 is 1.39 bits per heavy atom. The van der Waals surface area contributed by atoms with E-state index in [1.165, 1.54) is 0 Å². The standard InChI is InChI=1S/C17H27BrN2O3/c1-5-8-19-16(22)12-6-7-15(14(18)9-12)23-11-13(21)10-20-17(2,3)4/h6-7,9,13,20-21H,5,8,10-11H2,1-4H3,(H,19,22). The molecule has 1 aromatic rings. The minimum absolute atomic E-state index is 0.0466. The van der Waals surface area contributed by atoms with Crippen molar-refractivity contribution in [3.63, 3.8) is 0 Å². The van der Waals surface area contributed by atoms with Gasteiger partial charge in [0.15, 0.2) is 0 Å². The third-order valence-electron chi connectivity index (χ3n) is 3.03. The zero-order chi connectivity index (χ0) is 17.5. The van der Waals surface area contributed by atoms with Gasteiger partial charge in [-0.05, 0) is 61.3 Å². The second-order valence-corrected chi connectivity index (χ2v) is 7.35. The van der Waals surface area contributed by atoms with E-state index in [0.717, 1.165) is 6.42 Å². The number of rotatable bonds is 8. The van der Waals surface area contributed by atoms with Gasteiger partial charge in [0.1, 0.15) is 18.5 Å². The molecule has 0 aliphatic rings. The summed E-state index contributed by atoms with van der Waals surface area (Å²) in [6.07, 6.45) is 0.294. The maximum absolute atomic E-state index is 11.9. The highest BCUT2D eigenvalue weighted by atomic mass is 79.9. The van der Waals surface area contributed by atoms with Gasteiger partial charge >= 0.3 is 0 Å². The molecule has 23 heavy (non-hydrogen) atoms. The monoisotopic (exact) mass is 386 g/mol. The smallest absolute Gasteiger partial charge is 0.251 e. The first kappa shape index (κ1) is 19.9. The number of aliphatic hydroxyl groups excluding tert-OH is 1. The molecule has 0 bridgehead atoms. The van der Waals surface area contributed by atoms with Crippen LogP contribution in [0.25, 0.3) is 0 Å². The van der Waals surface area contributed by atoms with Crippen molar-refractivity contribution in [2.24, 2.45) is 0 Å². The molecule has 6 heteroatoms. The Bertz CT molecular complexity index is 515. The number of carbonyl (C=O) groups is 1. The Hall–Kier alpha value is -1.11. The summed E-state index contributed by atoms with van der Waals surface area (Å²) < 4.78 is 6.30. The van der Waals surface area contributed by atoms with Crippen LogP contribution in [0.1, 0.15) is 44.5 Å². The minimum Gasteiger partial charge on any atom is -0.490 e. The number of ether oxygens (including phenoxy) is 1. The van der Waals surface area contributed by atoms with Crippen LogP contribution in [0.5, 0.6) is 5.75 Å². The second-order valence-electron chi connectivity index (χ2n) is 6.50. The zero-order valence-corrected chi connectivity index (χ0v) is 15.9. The van der Waals surface area contributed by atoms with Gasteiger partial charge in [0.25, 0.3) is 5.91 Å². The highest BCUT2D eigenvalue weighted by Gasteiger charge is 2.14. The number of amides is 1. The van der Waals surface area contributed by atoms with Gasteiger partial charge in [-0.15, -0.1) is 0 Å². The molecule has 1 amide bonds. The number of β-amino-alcohol motifs (C(OH)–C–C–N with tert-alkyl or cyclic N) is 1. The van der Waals surface area contributed by atoms with E-state index in [9.17, 15) is 9.90 Å². The second kappa shape index (κ2) is 9.25. The molecule has 5 nitrogen and oxygen atoms in total. The van der Waals surface area contributed by atoms with Gasteiger partial charge in [-0.25, -0.2) is 0 Å². The molecule has 130 valence electrons. The van der Waals surface area contributed by atoms with Gasteiger partial charge in [0, 0.05) is 24.2 Å². The zero-order valence-electron chi connectivity index (χ0n) is 14.3. The Morgan fingerprint density at radius 2 is 2.09 bits per heavy atom. The lowest BCUT2D eigenvalue weighted by Crippen LogP contribution is -2.42. The molecule has 0 aliphatic heterocycles. The first-order valence-corrected chi connectivity index (χ1v) is 8.66. The number of hydrogen-bond donors (Lipinski definition) is 3. The summed E-state index contributed by atoms with van der Waals surface area (Å²) in [6.45, 7) is 9.43. The number of halogens is 1. The van der Waals surface area contributed by atoms with Gasteiger partial charge < -0.3 is 20.5 Å². The molecule has 0 saturated carbocycles. The number of carbonyl (C=O) groups excluding carboxylic acids is 1. The van der Waals surface area contributed by atoms with Crippen LogP contribution in [0.15, 0.2) is 22.7 Å². The van der Waals surface area contributed by atoms with Crippen LogP contribution in [0.3, 0.4) is 0 Å². The topological polar surface area (TPSA) is 70.6 Å². The van der Waals surface area contributed by atoms with Crippen LogP contribution >= 0.6 is 15.9 Å². The van der Waals surface area contributed by atoms with E-state index >= 15 is 0 Å². The quantitative estimate of drug-likeness (QED) is 0.642. The molecule has 0 saturated heterocycles. The molecule has 1 atom stereocenters. The molecule has 1 unspecified atom stereocenters. The van der Waals surface area contributed by atoms with Crippen LogP contribution in [-0.4, -0.2) is 42.4 Å². The number of nitrogens with one attached hydrogen (secondary N) is 2. The summed E-state index contributed by atoms with van der Waals surface area (Å²) in [5.41, 5.74) is 0.530. The summed E-state index contributed by atoms with van der Waals surface area (Å²) in [4.78, 5) is 11.9. The predicted molar refractivity (Wildman–Crippen MR) is 96.0 cm³/mol. The van der Waals surface area contributed by atoms with Gasteiger partial charge in [0.2, 0.25) is 0 Å². The van der Waals surface area contributed by atoms with Gasteiger partial charge in [0.05, 0.1) is 4.47 Å². The lowest BCUT2D eigenvalue weighted by Gasteiger charge is -2.23. The van der Waals surface area contributed by atoms with E-state index in [1.54, 1.807) is 18.2 Å². The van der Waals surface area contributed by atoms with Crippen LogP contribution in [-0.2, 0) is 0 Å². The number of benzene rings is 1. The van der Waals surface area contributed by atoms with Crippen molar-refractivity contribution >= 4 is 21.8 Å². The van der Waals surface area contributed by atoms with Crippen LogP contribution in [0, 0.1) is 0 Å². The number of hydrogen-bond acceptors (Lipinski definition) is 4. The summed E-state index contributed by atoms with van der Waals surface area (Å²) in [6, 6.07) is 5.17. The highest BCUT2D eigenvalue weighted by molar-refractivity contribution is 9.10. The average molecular weight is 387 g/mol. The fourth-order valence-corrected chi connectivity index (χ4v) is 2.26. The fourth-order valence-electron chi connectivity index (χ4n) is 1.77. The van der Waals surface area contributed by atoms with Crippen molar-refractivity contribution in [1.82, 2.24) is 10.6 Å². The van der Waals surface area contributed by atoms with Crippen molar-refractivity contribution in [2.75, 3.05) is 19.7 Å². The molecule has 1 aromatic carbocycles. The Balaban J connectivity index is 2.53. The van der Waals surface area contributed by atoms with Crippen molar-refractivity contribution in [1.29, 1.82) is 0 Å². The predicted octanol–water partition coefficient (Wildman–Crippen LogP) is 2.72. The van der Waals surface area contributed by atoms with E-state index in [-0.39, 0.29) is 18.1 Å². The fraction of sp³-hybridized carbons (Fsp3) is 0.588. The van der Waals surface area contributed by atoms with Gasteiger partial charge in [-0.1, -0.05) is 6.92 Å². The van der Waals surface area contributed by atoms with E-state index in [2.05, 4.69) is 26.6 Å². The summed E-state index contributed by atoms with van der Waals surface area (Å²) in [5, 5.41) is 16.0. The van der Waals surface area contributed by atoms with Crippen molar-refractivity contribution in [3.8, 4) is 5.75 Å². The molecule has 0 fully saturated rings. The van der Waals surface area contributed by atoms with Crippen LogP contribution < -0.4 is 15.4 Å². The van der Waals surface area contributed by atoms with E-state index < -0.39 is 6.10 Å². The normalized spacial score (nSPS) is 12.8. The molecule has 0 radical (unpaired) electrons. The van der Waals surface area contributed by atoms with E-state index in [4.69, 9.17) is 4.74 Å². The molecule has 3 N–H and O–H groups in total. The SMILES string of the molecule is CCCNC(=O)c1ccc(OCC(O)CNC(C)(C)C)c(Br)c1. The first-order valence-electron chi connectivity index (χ1n) is 7.86. The van der Waals surface area contributed by atoms with E-state index in [0.29, 0.717) is 28.9 Å². The summed E-state index contributed by atoms with van der Waals surface area (Å²) in [5.74, 6) is 0.500. The number of aliphatic hydroxyl groups is 1. The maximum atomic E-state index is 11.9. The van der Waals surface area contributed by atoms with Crippen molar-refractivity contribution in [2.45, 2.75) is 45.8 Å². The molecular formula is C17H27BrN2O3. The van der Waals surface area contributed by atoms with Gasteiger partial charge in [-0.2, -0.15) is 0 Å². The van der Waals surface area contributed by atoms with Gasteiger partial charge in [-0.3, -0.25) is 4.79 Å². The Kier molecular flexibility index (Phi) is 8.02. The maximum Gasteiger partial charge on any atom is 0.251 e. The van der Waals surface area contributed by atoms with Crippen LogP contribution in [0.2, 0.25) is 0 Å². The minimum atomic E-state index is -0.603. The lowest BCUT2D eigenvalue weighted by atomic mass is 10.1.